The van der Waals surface area contributed by atoms with Gasteiger partial charge in [0.05, 0.1) is 25.2 Å². The van der Waals surface area contributed by atoms with Crippen molar-refractivity contribution in [1.82, 2.24) is 0 Å². The van der Waals surface area contributed by atoms with Crippen LogP contribution >= 0.6 is 0 Å². The van der Waals surface area contributed by atoms with E-state index in [1.54, 1.807) is 0 Å². The monoisotopic (exact) mass is 458 g/mol. The van der Waals surface area contributed by atoms with Crippen molar-refractivity contribution >= 4 is 5.97 Å². The standard InChI is InChI=1S/C27H38O6/c1-5-7-16-32-25(28)23-10-8-21(9-11-23)22-12-14-24(15-13-22)31-19-17-30-18-20-33-26(29)27(3,4)6-2/h8-15,25,28H,5-7,16-20H2,1-4H3. The average Bonchev–Trinajstić information content (AvgIpc) is 2.83. The Bertz CT molecular complexity index is 814. The van der Waals surface area contributed by atoms with E-state index >= 15 is 0 Å². The summed E-state index contributed by atoms with van der Waals surface area (Å²) in [6.45, 7) is 9.79. The summed E-state index contributed by atoms with van der Waals surface area (Å²) in [4.78, 5) is 11.9. The molecule has 0 aromatic heterocycles. The molecular weight excluding hydrogens is 420 g/mol. The lowest BCUT2D eigenvalue weighted by molar-refractivity contribution is -0.155. The smallest absolute Gasteiger partial charge is 0.311 e. The Morgan fingerprint density at radius 1 is 0.879 bits per heavy atom. The van der Waals surface area contributed by atoms with E-state index in [0.717, 1.165) is 41.7 Å². The van der Waals surface area contributed by atoms with Crippen LogP contribution in [-0.4, -0.2) is 44.1 Å². The molecule has 33 heavy (non-hydrogen) atoms. The summed E-state index contributed by atoms with van der Waals surface area (Å²) in [7, 11) is 0. The van der Waals surface area contributed by atoms with Gasteiger partial charge in [0, 0.05) is 5.56 Å². The van der Waals surface area contributed by atoms with Crippen LogP contribution in [0.25, 0.3) is 11.1 Å². The van der Waals surface area contributed by atoms with Crippen LogP contribution in [0.15, 0.2) is 48.5 Å². The summed E-state index contributed by atoms with van der Waals surface area (Å²) < 4.78 is 21.9. The summed E-state index contributed by atoms with van der Waals surface area (Å²) in [5, 5.41) is 10.1. The van der Waals surface area contributed by atoms with Crippen molar-refractivity contribution in [2.45, 2.75) is 53.2 Å². The van der Waals surface area contributed by atoms with Crippen LogP contribution in [-0.2, 0) is 19.0 Å². The second-order valence-corrected chi connectivity index (χ2v) is 8.56. The number of aliphatic hydroxyl groups is 1. The van der Waals surface area contributed by atoms with E-state index in [1.807, 2.05) is 69.3 Å². The van der Waals surface area contributed by atoms with E-state index in [1.165, 1.54) is 0 Å². The molecule has 0 saturated carbocycles. The van der Waals surface area contributed by atoms with Gasteiger partial charge >= 0.3 is 5.97 Å². The number of ether oxygens (including phenoxy) is 4. The topological polar surface area (TPSA) is 74.2 Å². The maximum atomic E-state index is 11.9. The number of rotatable bonds is 15. The number of aliphatic hydroxyl groups excluding tert-OH is 1. The molecule has 0 fully saturated rings. The fourth-order valence-corrected chi connectivity index (χ4v) is 2.87. The van der Waals surface area contributed by atoms with Gasteiger partial charge < -0.3 is 24.1 Å². The Morgan fingerprint density at radius 3 is 2.09 bits per heavy atom. The molecule has 1 unspecified atom stereocenters. The normalized spacial score (nSPS) is 12.4. The van der Waals surface area contributed by atoms with Gasteiger partial charge in [-0.15, -0.1) is 0 Å². The zero-order chi connectivity index (χ0) is 24.1. The number of esters is 1. The fourth-order valence-electron chi connectivity index (χ4n) is 2.87. The van der Waals surface area contributed by atoms with Gasteiger partial charge in [-0.2, -0.15) is 0 Å². The predicted molar refractivity (Wildman–Crippen MR) is 129 cm³/mol. The molecule has 0 bridgehead atoms. The second kappa shape index (κ2) is 14.0. The highest BCUT2D eigenvalue weighted by atomic mass is 16.6. The van der Waals surface area contributed by atoms with Crippen LogP contribution in [0.4, 0.5) is 0 Å². The third-order valence-corrected chi connectivity index (χ3v) is 5.55. The van der Waals surface area contributed by atoms with Crippen LogP contribution in [0, 0.1) is 5.41 Å². The molecule has 1 atom stereocenters. The summed E-state index contributed by atoms with van der Waals surface area (Å²) in [5.41, 5.74) is 2.40. The summed E-state index contributed by atoms with van der Waals surface area (Å²) in [5.74, 6) is 0.561. The minimum absolute atomic E-state index is 0.198. The maximum Gasteiger partial charge on any atom is 0.311 e. The molecule has 1 N–H and O–H groups in total. The van der Waals surface area contributed by atoms with Gasteiger partial charge in [0.15, 0.2) is 6.29 Å². The number of benzene rings is 2. The van der Waals surface area contributed by atoms with Crippen LogP contribution < -0.4 is 4.74 Å². The van der Waals surface area contributed by atoms with Crippen molar-refractivity contribution in [3.63, 3.8) is 0 Å². The van der Waals surface area contributed by atoms with Gasteiger partial charge in [-0.3, -0.25) is 4.79 Å². The van der Waals surface area contributed by atoms with E-state index in [2.05, 4.69) is 6.92 Å². The Labute approximate surface area is 197 Å². The van der Waals surface area contributed by atoms with Crippen molar-refractivity contribution in [2.75, 3.05) is 33.0 Å². The Balaban J connectivity index is 1.69. The number of carbonyl (C=O) groups is 1. The molecule has 0 amide bonds. The van der Waals surface area contributed by atoms with Crippen LogP contribution in [0.3, 0.4) is 0 Å². The molecule has 0 heterocycles. The lowest BCUT2D eigenvalue weighted by atomic mass is 9.91. The van der Waals surface area contributed by atoms with Gasteiger partial charge in [-0.1, -0.05) is 56.7 Å². The van der Waals surface area contributed by atoms with Gasteiger partial charge in [-0.05, 0) is 49.9 Å². The molecular formula is C27H38O6. The number of carbonyl (C=O) groups excluding carboxylic acids is 1. The van der Waals surface area contributed by atoms with E-state index in [4.69, 9.17) is 18.9 Å². The summed E-state index contributed by atoms with van der Waals surface area (Å²) in [6, 6.07) is 15.5. The minimum Gasteiger partial charge on any atom is -0.491 e. The van der Waals surface area contributed by atoms with E-state index < -0.39 is 11.7 Å². The van der Waals surface area contributed by atoms with Gasteiger partial charge in [0.25, 0.3) is 0 Å². The van der Waals surface area contributed by atoms with Crippen LogP contribution in [0.2, 0.25) is 0 Å². The van der Waals surface area contributed by atoms with Gasteiger partial charge in [0.1, 0.15) is 19.0 Å². The quantitative estimate of drug-likeness (QED) is 0.215. The molecule has 0 spiro atoms. The average molecular weight is 459 g/mol. The largest absolute Gasteiger partial charge is 0.491 e. The predicted octanol–water partition coefficient (Wildman–Crippen LogP) is 5.54. The van der Waals surface area contributed by atoms with E-state index in [0.29, 0.717) is 26.4 Å². The highest BCUT2D eigenvalue weighted by Gasteiger charge is 2.26. The zero-order valence-electron chi connectivity index (χ0n) is 20.3. The van der Waals surface area contributed by atoms with Crippen molar-refractivity contribution in [1.29, 1.82) is 0 Å². The van der Waals surface area contributed by atoms with E-state index in [9.17, 15) is 9.90 Å². The lowest BCUT2D eigenvalue weighted by Gasteiger charge is -2.20. The SMILES string of the molecule is CCCCOC(O)c1ccc(-c2ccc(OCCOCCOC(=O)C(C)(C)CC)cc2)cc1. The molecule has 0 aliphatic heterocycles. The first-order valence-electron chi connectivity index (χ1n) is 11.7. The molecule has 2 aromatic carbocycles. The summed E-state index contributed by atoms with van der Waals surface area (Å²) in [6.07, 6.45) is 1.82. The minimum atomic E-state index is -0.890. The first kappa shape index (κ1) is 26.8. The highest BCUT2D eigenvalue weighted by molar-refractivity contribution is 5.75. The Morgan fingerprint density at radius 2 is 1.48 bits per heavy atom. The maximum absolute atomic E-state index is 11.9. The molecule has 0 aliphatic carbocycles. The first-order valence-corrected chi connectivity index (χ1v) is 11.7. The van der Waals surface area contributed by atoms with E-state index in [-0.39, 0.29) is 12.6 Å². The summed E-state index contributed by atoms with van der Waals surface area (Å²) >= 11 is 0. The number of hydrogen-bond acceptors (Lipinski definition) is 6. The molecule has 2 aromatic rings. The number of hydrogen-bond donors (Lipinski definition) is 1. The molecule has 0 saturated heterocycles. The zero-order valence-corrected chi connectivity index (χ0v) is 20.3. The van der Waals surface area contributed by atoms with Gasteiger partial charge in [-0.25, -0.2) is 0 Å². The van der Waals surface area contributed by atoms with Crippen molar-refractivity contribution in [3.05, 3.63) is 54.1 Å². The second-order valence-electron chi connectivity index (χ2n) is 8.56. The lowest BCUT2D eigenvalue weighted by Crippen LogP contribution is -2.27. The van der Waals surface area contributed by atoms with Crippen LogP contribution in [0.5, 0.6) is 5.75 Å². The van der Waals surface area contributed by atoms with Crippen molar-refractivity contribution < 1.29 is 28.8 Å². The molecule has 0 radical (unpaired) electrons. The van der Waals surface area contributed by atoms with Gasteiger partial charge in [0.2, 0.25) is 0 Å². The first-order chi connectivity index (χ1) is 15.9. The van der Waals surface area contributed by atoms with Crippen molar-refractivity contribution in [3.8, 4) is 16.9 Å². The molecule has 6 nitrogen and oxygen atoms in total. The fraction of sp³-hybridized carbons (Fsp3) is 0.519. The molecule has 2 rings (SSSR count). The van der Waals surface area contributed by atoms with Crippen molar-refractivity contribution in [2.24, 2.45) is 5.41 Å². The third-order valence-electron chi connectivity index (χ3n) is 5.55. The number of unbranched alkanes of at least 4 members (excludes halogenated alkanes) is 1. The third kappa shape index (κ3) is 9.16. The Kier molecular flexibility index (Phi) is 11.4. The highest BCUT2D eigenvalue weighted by Crippen LogP contribution is 2.25. The molecule has 0 aliphatic rings. The van der Waals surface area contributed by atoms with Crippen LogP contribution in [0.1, 0.15) is 58.8 Å². The Hall–Kier alpha value is -2.41. The molecule has 182 valence electrons. The molecule has 6 heteroatoms.